The van der Waals surface area contributed by atoms with Gasteiger partial charge in [0, 0.05) is 29.3 Å². The first-order chi connectivity index (χ1) is 11.1. The molecule has 0 heterocycles. The molecule has 120 valence electrons. The molecule has 2 rings (SSSR count). The lowest BCUT2D eigenvalue weighted by Gasteiger charge is -2.12. The van der Waals surface area contributed by atoms with Gasteiger partial charge in [-0.25, -0.2) is 0 Å². The molecule has 2 aromatic carbocycles. The second kappa shape index (κ2) is 8.44. The lowest BCUT2D eigenvalue weighted by atomic mass is 10.2. The zero-order valence-electron chi connectivity index (χ0n) is 12.1. The van der Waals surface area contributed by atoms with Crippen molar-refractivity contribution in [3.05, 3.63) is 63.1 Å². The van der Waals surface area contributed by atoms with E-state index in [1.807, 2.05) is 24.3 Å². The number of nitrogens with zero attached hydrogens (tertiary/aromatic N) is 1. The Labute approximate surface area is 147 Å². The van der Waals surface area contributed by atoms with Gasteiger partial charge in [0.05, 0.1) is 4.92 Å². The maximum atomic E-state index is 10.9. The van der Waals surface area contributed by atoms with E-state index in [2.05, 4.69) is 31.9 Å². The Balaban J connectivity index is 1.77. The standard InChI is InChI=1S/C15H15BrN4O2S/c16-11-4-3-5-12(10-11)19-15(23)18-9-8-17-13-6-1-2-7-14(13)20(21)22/h1-7,10,17H,8-9H2,(H2,18,19,23). The summed E-state index contributed by atoms with van der Waals surface area (Å²) in [4.78, 5) is 10.5. The van der Waals surface area contributed by atoms with Crippen molar-refractivity contribution in [3.8, 4) is 0 Å². The number of anilines is 2. The molecule has 0 unspecified atom stereocenters. The zero-order valence-corrected chi connectivity index (χ0v) is 14.5. The van der Waals surface area contributed by atoms with Crippen molar-refractivity contribution in [2.75, 3.05) is 23.7 Å². The van der Waals surface area contributed by atoms with Crippen LogP contribution >= 0.6 is 28.1 Å². The summed E-state index contributed by atoms with van der Waals surface area (Å²) >= 11 is 8.59. The largest absolute Gasteiger partial charge is 0.378 e. The molecule has 0 aliphatic heterocycles. The van der Waals surface area contributed by atoms with Crippen LogP contribution in [0.5, 0.6) is 0 Å². The fourth-order valence-electron chi connectivity index (χ4n) is 1.90. The maximum absolute atomic E-state index is 10.9. The van der Waals surface area contributed by atoms with E-state index < -0.39 is 4.92 Å². The molecule has 0 aliphatic carbocycles. The third-order valence-electron chi connectivity index (χ3n) is 2.91. The highest BCUT2D eigenvalue weighted by Crippen LogP contribution is 2.22. The van der Waals surface area contributed by atoms with Gasteiger partial charge in [-0.3, -0.25) is 10.1 Å². The third-order valence-corrected chi connectivity index (χ3v) is 3.65. The smallest absolute Gasteiger partial charge is 0.292 e. The van der Waals surface area contributed by atoms with Gasteiger partial charge >= 0.3 is 0 Å². The van der Waals surface area contributed by atoms with Gasteiger partial charge in [-0.15, -0.1) is 0 Å². The number of hydrogen-bond donors (Lipinski definition) is 3. The monoisotopic (exact) mass is 394 g/mol. The fourth-order valence-corrected chi connectivity index (χ4v) is 2.52. The average Bonchev–Trinajstić information content (AvgIpc) is 2.52. The summed E-state index contributed by atoms with van der Waals surface area (Å²) in [5.74, 6) is 0. The van der Waals surface area contributed by atoms with Crippen molar-refractivity contribution in [1.29, 1.82) is 0 Å². The minimum absolute atomic E-state index is 0.0577. The molecule has 0 aliphatic rings. The number of nitro groups is 1. The van der Waals surface area contributed by atoms with Gasteiger partial charge in [0.2, 0.25) is 0 Å². The maximum Gasteiger partial charge on any atom is 0.292 e. The number of hydrogen-bond acceptors (Lipinski definition) is 4. The Kier molecular flexibility index (Phi) is 6.30. The van der Waals surface area contributed by atoms with E-state index >= 15 is 0 Å². The average molecular weight is 395 g/mol. The number of thiocarbonyl (C=S) groups is 1. The second-order valence-corrected chi connectivity index (χ2v) is 5.92. The SMILES string of the molecule is O=[N+]([O-])c1ccccc1NCCNC(=S)Nc1cccc(Br)c1. The second-order valence-electron chi connectivity index (χ2n) is 4.59. The number of para-hydroxylation sites is 2. The molecule has 0 bridgehead atoms. The molecule has 0 saturated heterocycles. The van der Waals surface area contributed by atoms with Crippen molar-refractivity contribution in [1.82, 2.24) is 5.32 Å². The fraction of sp³-hybridized carbons (Fsp3) is 0.133. The van der Waals surface area contributed by atoms with Crippen LogP contribution < -0.4 is 16.0 Å². The summed E-state index contributed by atoms with van der Waals surface area (Å²) in [6, 6.07) is 14.2. The van der Waals surface area contributed by atoms with Crippen molar-refractivity contribution in [3.63, 3.8) is 0 Å². The van der Waals surface area contributed by atoms with Crippen LogP contribution in [0.15, 0.2) is 53.0 Å². The van der Waals surface area contributed by atoms with Crippen LogP contribution in [0.4, 0.5) is 17.1 Å². The van der Waals surface area contributed by atoms with Gasteiger partial charge in [-0.1, -0.05) is 34.1 Å². The third kappa shape index (κ3) is 5.50. The predicted molar refractivity (Wildman–Crippen MR) is 100.0 cm³/mol. The molecule has 0 atom stereocenters. The van der Waals surface area contributed by atoms with Crippen LogP contribution in [0.1, 0.15) is 0 Å². The van der Waals surface area contributed by atoms with Crippen LogP contribution in [0.3, 0.4) is 0 Å². The quantitative estimate of drug-likeness (QED) is 0.299. The lowest BCUT2D eigenvalue weighted by molar-refractivity contribution is -0.384. The number of benzene rings is 2. The number of nitrogens with one attached hydrogen (secondary N) is 3. The molecule has 0 amide bonds. The van der Waals surface area contributed by atoms with Gasteiger partial charge in [0.1, 0.15) is 5.69 Å². The van der Waals surface area contributed by atoms with Gasteiger partial charge in [-0.2, -0.15) is 0 Å². The molecule has 8 heteroatoms. The van der Waals surface area contributed by atoms with E-state index in [4.69, 9.17) is 12.2 Å². The van der Waals surface area contributed by atoms with Gasteiger partial charge in [-0.05, 0) is 36.5 Å². The number of nitro benzene ring substituents is 1. The molecule has 0 spiro atoms. The minimum Gasteiger partial charge on any atom is -0.378 e. The summed E-state index contributed by atoms with van der Waals surface area (Å²) in [5.41, 5.74) is 1.43. The molecule has 0 radical (unpaired) electrons. The molecule has 0 fully saturated rings. The first kappa shape index (κ1) is 17.2. The van der Waals surface area contributed by atoms with Gasteiger partial charge in [0.15, 0.2) is 5.11 Å². The van der Waals surface area contributed by atoms with Crippen LogP contribution in [-0.2, 0) is 0 Å². The summed E-state index contributed by atoms with van der Waals surface area (Å²) in [6.07, 6.45) is 0. The predicted octanol–water partition coefficient (Wildman–Crippen LogP) is 3.76. The minimum atomic E-state index is -0.408. The lowest BCUT2D eigenvalue weighted by Crippen LogP contribution is -2.32. The number of rotatable bonds is 6. The molecule has 0 aromatic heterocycles. The Bertz CT molecular complexity index is 711. The summed E-state index contributed by atoms with van der Waals surface area (Å²) in [6.45, 7) is 1.04. The summed E-state index contributed by atoms with van der Waals surface area (Å²) < 4.78 is 0.961. The molecule has 3 N–H and O–H groups in total. The van der Waals surface area contributed by atoms with E-state index in [0.717, 1.165) is 10.2 Å². The summed E-state index contributed by atoms with van der Waals surface area (Å²) in [5, 5.41) is 20.5. The molecule has 2 aromatic rings. The van der Waals surface area contributed by atoms with E-state index in [0.29, 0.717) is 23.9 Å². The molecule has 0 saturated carbocycles. The van der Waals surface area contributed by atoms with Crippen LogP contribution in [0.25, 0.3) is 0 Å². The molecule has 23 heavy (non-hydrogen) atoms. The normalized spacial score (nSPS) is 9.96. The summed E-state index contributed by atoms with van der Waals surface area (Å²) in [7, 11) is 0. The van der Waals surface area contributed by atoms with E-state index in [1.165, 1.54) is 6.07 Å². The van der Waals surface area contributed by atoms with Crippen molar-refractivity contribution in [2.24, 2.45) is 0 Å². The highest BCUT2D eigenvalue weighted by Gasteiger charge is 2.11. The zero-order chi connectivity index (χ0) is 16.7. The van der Waals surface area contributed by atoms with Crippen LogP contribution in [-0.4, -0.2) is 23.1 Å². The molecular weight excluding hydrogens is 380 g/mol. The number of halogens is 1. The Hall–Kier alpha value is -2.19. The van der Waals surface area contributed by atoms with Gasteiger partial charge in [0.25, 0.3) is 5.69 Å². The van der Waals surface area contributed by atoms with E-state index in [1.54, 1.807) is 18.2 Å². The van der Waals surface area contributed by atoms with Crippen molar-refractivity contribution < 1.29 is 4.92 Å². The van der Waals surface area contributed by atoms with Crippen LogP contribution in [0.2, 0.25) is 0 Å². The van der Waals surface area contributed by atoms with E-state index in [9.17, 15) is 10.1 Å². The first-order valence-electron chi connectivity index (χ1n) is 6.84. The Morgan fingerprint density at radius 2 is 1.96 bits per heavy atom. The highest BCUT2D eigenvalue weighted by atomic mass is 79.9. The molecule has 6 nitrogen and oxygen atoms in total. The molecular formula is C15H15BrN4O2S. The van der Waals surface area contributed by atoms with Crippen molar-refractivity contribution in [2.45, 2.75) is 0 Å². The van der Waals surface area contributed by atoms with E-state index in [-0.39, 0.29) is 5.69 Å². The Morgan fingerprint density at radius 1 is 1.17 bits per heavy atom. The Morgan fingerprint density at radius 3 is 2.70 bits per heavy atom. The van der Waals surface area contributed by atoms with Crippen LogP contribution in [0, 0.1) is 10.1 Å². The highest BCUT2D eigenvalue weighted by molar-refractivity contribution is 9.10. The topological polar surface area (TPSA) is 79.2 Å². The van der Waals surface area contributed by atoms with Gasteiger partial charge < -0.3 is 16.0 Å². The van der Waals surface area contributed by atoms with Crippen molar-refractivity contribution >= 4 is 50.3 Å². The first-order valence-corrected chi connectivity index (χ1v) is 8.04.